The molecule has 0 radical (unpaired) electrons. The Bertz CT molecular complexity index is 955. The van der Waals surface area contributed by atoms with Gasteiger partial charge in [0.1, 0.15) is 0 Å². The molecule has 4 rings (SSSR count). The zero-order valence-electron chi connectivity index (χ0n) is 18.6. The lowest BCUT2D eigenvalue weighted by Crippen LogP contribution is -2.44. The van der Waals surface area contributed by atoms with Crippen molar-refractivity contribution in [2.75, 3.05) is 25.9 Å². The molecule has 0 unspecified atom stereocenters. The van der Waals surface area contributed by atoms with Gasteiger partial charge in [-0.2, -0.15) is 0 Å². The van der Waals surface area contributed by atoms with E-state index in [9.17, 15) is 18.0 Å². The number of nitrogens with one attached hydrogen (secondary N) is 1. The van der Waals surface area contributed by atoms with Crippen LogP contribution in [0.15, 0.2) is 24.3 Å². The first-order valence-corrected chi connectivity index (χ1v) is 13.2. The molecule has 3 saturated heterocycles. The molecule has 7 nitrogen and oxygen atoms in total. The average molecular weight is 448 g/mol. The highest BCUT2D eigenvalue weighted by molar-refractivity contribution is 7.88. The second-order valence-electron chi connectivity index (χ2n) is 9.57. The summed E-state index contributed by atoms with van der Waals surface area (Å²) in [5.74, 6) is -0.439. The summed E-state index contributed by atoms with van der Waals surface area (Å²) in [5, 5.41) is 3.38. The van der Waals surface area contributed by atoms with Gasteiger partial charge in [-0.1, -0.05) is 32.0 Å². The Kier molecular flexibility index (Phi) is 6.14. The summed E-state index contributed by atoms with van der Waals surface area (Å²) in [6.45, 7) is 6.35. The van der Waals surface area contributed by atoms with Gasteiger partial charge < -0.3 is 10.2 Å². The molecule has 0 aliphatic carbocycles. The van der Waals surface area contributed by atoms with E-state index < -0.39 is 28.0 Å². The molecule has 3 fully saturated rings. The van der Waals surface area contributed by atoms with Crippen LogP contribution in [0.3, 0.4) is 0 Å². The maximum absolute atomic E-state index is 13.7. The number of fused-ring (bicyclic) bond motifs is 1. The van der Waals surface area contributed by atoms with Gasteiger partial charge in [0.2, 0.25) is 15.9 Å². The summed E-state index contributed by atoms with van der Waals surface area (Å²) in [5.41, 5.74) is 1.74. The minimum Gasteiger partial charge on any atom is -0.333 e. The van der Waals surface area contributed by atoms with Crippen molar-refractivity contribution in [3.05, 3.63) is 35.4 Å². The monoisotopic (exact) mass is 447 g/mol. The Morgan fingerprint density at radius 1 is 1.16 bits per heavy atom. The highest BCUT2D eigenvalue weighted by Crippen LogP contribution is 2.42. The van der Waals surface area contributed by atoms with E-state index in [2.05, 4.69) is 5.32 Å². The van der Waals surface area contributed by atoms with E-state index in [1.807, 2.05) is 38.1 Å². The predicted molar refractivity (Wildman–Crippen MR) is 119 cm³/mol. The van der Waals surface area contributed by atoms with Crippen LogP contribution in [-0.2, 0) is 21.2 Å². The molecular weight excluding hydrogens is 414 g/mol. The van der Waals surface area contributed by atoms with Crippen molar-refractivity contribution in [2.24, 2.45) is 17.8 Å². The Balaban J connectivity index is 1.63. The highest BCUT2D eigenvalue weighted by Gasteiger charge is 2.58. The van der Waals surface area contributed by atoms with Crippen molar-refractivity contribution in [3.63, 3.8) is 0 Å². The van der Waals surface area contributed by atoms with Crippen molar-refractivity contribution < 1.29 is 18.0 Å². The molecule has 3 aliphatic rings. The Labute approximate surface area is 185 Å². The fourth-order valence-electron chi connectivity index (χ4n) is 5.73. The summed E-state index contributed by atoms with van der Waals surface area (Å²) in [7, 11) is -3.67. The maximum atomic E-state index is 13.7. The van der Waals surface area contributed by atoms with Crippen LogP contribution in [-0.4, -0.2) is 67.4 Å². The lowest BCUT2D eigenvalue weighted by Gasteiger charge is -2.30. The molecule has 8 heteroatoms. The van der Waals surface area contributed by atoms with Crippen molar-refractivity contribution in [2.45, 2.75) is 51.6 Å². The molecule has 1 aromatic carbocycles. The van der Waals surface area contributed by atoms with Crippen molar-refractivity contribution >= 4 is 21.8 Å². The molecule has 0 bridgehead atoms. The van der Waals surface area contributed by atoms with Gasteiger partial charge in [-0.05, 0) is 62.2 Å². The zero-order valence-corrected chi connectivity index (χ0v) is 19.4. The van der Waals surface area contributed by atoms with Crippen LogP contribution in [0.4, 0.5) is 0 Å². The number of nitrogens with zero attached hydrogens (tertiary/aromatic N) is 2. The standard InChI is InChI=1S/C23H33N3O4S/c1-15(2)20-21-19(26(23(20)28)31(3,29)30)10-13-25(21)22(27)18-7-5-4-6-17(18)14-16-8-11-24-12-9-16/h4-7,15-16,19-21,24H,8-14H2,1-3H3/t19-,20+,21-/m0/s1. The minimum absolute atomic E-state index is 0.0508. The molecule has 2 amide bonds. The van der Waals surface area contributed by atoms with Crippen LogP contribution in [0.25, 0.3) is 0 Å². The Morgan fingerprint density at radius 2 is 1.84 bits per heavy atom. The maximum Gasteiger partial charge on any atom is 0.254 e. The normalized spacial score (nSPS) is 27.2. The number of benzene rings is 1. The smallest absolute Gasteiger partial charge is 0.254 e. The fourth-order valence-corrected chi connectivity index (χ4v) is 6.90. The van der Waals surface area contributed by atoms with Gasteiger partial charge in [-0.15, -0.1) is 0 Å². The highest BCUT2D eigenvalue weighted by atomic mass is 32.2. The van der Waals surface area contributed by atoms with Gasteiger partial charge in [0.25, 0.3) is 5.91 Å². The first-order valence-electron chi connectivity index (χ1n) is 11.3. The molecule has 3 heterocycles. The number of hydrogen-bond donors (Lipinski definition) is 1. The summed E-state index contributed by atoms with van der Waals surface area (Å²) in [6, 6.07) is 6.90. The molecule has 31 heavy (non-hydrogen) atoms. The lowest BCUT2D eigenvalue weighted by atomic mass is 9.87. The van der Waals surface area contributed by atoms with E-state index in [0.717, 1.165) is 48.5 Å². The van der Waals surface area contributed by atoms with Crippen molar-refractivity contribution in [1.82, 2.24) is 14.5 Å². The second-order valence-corrected chi connectivity index (χ2v) is 11.4. The van der Waals surface area contributed by atoms with E-state index in [1.165, 1.54) is 0 Å². The van der Waals surface area contributed by atoms with Gasteiger partial charge in [-0.25, -0.2) is 12.7 Å². The van der Waals surface area contributed by atoms with Crippen LogP contribution in [0.5, 0.6) is 0 Å². The van der Waals surface area contributed by atoms with Crippen LogP contribution < -0.4 is 5.32 Å². The topological polar surface area (TPSA) is 86.8 Å². The third-order valence-corrected chi connectivity index (χ3v) is 8.31. The number of rotatable bonds is 5. The minimum atomic E-state index is -3.67. The summed E-state index contributed by atoms with van der Waals surface area (Å²) >= 11 is 0. The van der Waals surface area contributed by atoms with Crippen molar-refractivity contribution in [1.29, 1.82) is 0 Å². The molecule has 1 aromatic rings. The Morgan fingerprint density at radius 3 is 2.48 bits per heavy atom. The van der Waals surface area contributed by atoms with E-state index in [-0.39, 0.29) is 17.7 Å². The fraction of sp³-hybridized carbons (Fsp3) is 0.652. The number of sulfonamides is 1. The largest absolute Gasteiger partial charge is 0.333 e. The third-order valence-electron chi connectivity index (χ3n) is 7.14. The van der Waals surface area contributed by atoms with Gasteiger partial charge in [0.15, 0.2) is 0 Å². The first-order chi connectivity index (χ1) is 14.7. The summed E-state index contributed by atoms with van der Waals surface area (Å²) < 4.78 is 25.8. The molecule has 170 valence electrons. The van der Waals surface area contributed by atoms with E-state index >= 15 is 0 Å². The average Bonchev–Trinajstić information content (AvgIpc) is 3.24. The van der Waals surface area contributed by atoms with E-state index in [0.29, 0.717) is 24.4 Å². The molecular formula is C23H33N3O4S. The number of hydrogen-bond acceptors (Lipinski definition) is 5. The van der Waals surface area contributed by atoms with Gasteiger partial charge in [-0.3, -0.25) is 9.59 Å². The summed E-state index contributed by atoms with van der Waals surface area (Å²) in [6.07, 6.45) is 4.65. The summed E-state index contributed by atoms with van der Waals surface area (Å²) in [4.78, 5) is 28.5. The van der Waals surface area contributed by atoms with E-state index in [1.54, 1.807) is 4.90 Å². The lowest BCUT2D eigenvalue weighted by molar-refractivity contribution is -0.129. The van der Waals surface area contributed by atoms with Gasteiger partial charge in [0.05, 0.1) is 24.3 Å². The predicted octanol–water partition coefficient (Wildman–Crippen LogP) is 1.89. The molecule has 0 spiro atoms. The van der Waals surface area contributed by atoms with Gasteiger partial charge in [0, 0.05) is 12.1 Å². The molecule has 1 N–H and O–H groups in total. The molecule has 0 aromatic heterocycles. The molecule has 3 atom stereocenters. The SMILES string of the molecule is CC(C)[C@H]1C(=O)N(S(C)(=O)=O)[C@H]2CCN(C(=O)c3ccccc3CC3CCNCC3)[C@H]12. The number of likely N-dealkylation sites (tertiary alicyclic amines) is 1. The Hall–Kier alpha value is -1.93. The van der Waals surface area contributed by atoms with Crippen LogP contribution >= 0.6 is 0 Å². The van der Waals surface area contributed by atoms with Gasteiger partial charge >= 0.3 is 0 Å². The number of piperidine rings is 1. The first kappa shape index (κ1) is 22.3. The van der Waals surface area contributed by atoms with Crippen LogP contribution in [0.1, 0.15) is 49.0 Å². The molecule has 3 aliphatic heterocycles. The number of carbonyl (C=O) groups is 2. The zero-order chi connectivity index (χ0) is 22.3. The van der Waals surface area contributed by atoms with Crippen LogP contribution in [0.2, 0.25) is 0 Å². The van der Waals surface area contributed by atoms with Crippen molar-refractivity contribution in [3.8, 4) is 0 Å². The van der Waals surface area contributed by atoms with Crippen LogP contribution in [0, 0.1) is 17.8 Å². The second kappa shape index (κ2) is 8.54. The number of carbonyl (C=O) groups excluding carboxylic acids is 2. The number of amides is 2. The third kappa shape index (κ3) is 4.12. The molecule has 0 saturated carbocycles. The quantitative estimate of drug-likeness (QED) is 0.745. The van der Waals surface area contributed by atoms with E-state index in [4.69, 9.17) is 0 Å².